The van der Waals surface area contributed by atoms with Crippen molar-refractivity contribution in [2.45, 2.75) is 44.2 Å². The van der Waals surface area contributed by atoms with Crippen LogP contribution in [0.3, 0.4) is 0 Å². The molecule has 1 heterocycles. The smallest absolute Gasteiger partial charge is 0.0771 e. The minimum atomic E-state index is -0.474. The zero-order valence-corrected chi connectivity index (χ0v) is 13.2. The zero-order valence-electron chi connectivity index (χ0n) is 12.3. The van der Waals surface area contributed by atoms with Crippen LogP contribution in [0, 0.1) is 0 Å². The molecule has 21 heavy (non-hydrogen) atoms. The molecule has 3 heteroatoms. The highest BCUT2D eigenvalue weighted by Crippen LogP contribution is 2.29. The van der Waals surface area contributed by atoms with Crippen molar-refractivity contribution in [3.05, 3.63) is 47.3 Å². The topological polar surface area (TPSA) is 32.3 Å². The van der Waals surface area contributed by atoms with Crippen LogP contribution >= 0.6 is 11.3 Å². The fourth-order valence-corrected chi connectivity index (χ4v) is 4.02. The Balaban J connectivity index is 1.53. The SMILES string of the molecule is OC1(CNCc2ccc(-c3ccccc3)s2)CCCCC1. The number of rotatable bonds is 5. The molecular formula is C18H23NOS. The summed E-state index contributed by atoms with van der Waals surface area (Å²) < 4.78 is 0. The molecule has 1 aromatic heterocycles. The van der Waals surface area contributed by atoms with Crippen molar-refractivity contribution in [3.8, 4) is 10.4 Å². The van der Waals surface area contributed by atoms with E-state index in [9.17, 15) is 5.11 Å². The Morgan fingerprint density at radius 1 is 1.00 bits per heavy atom. The van der Waals surface area contributed by atoms with E-state index in [1.807, 2.05) is 17.4 Å². The first-order valence-electron chi connectivity index (χ1n) is 7.82. The van der Waals surface area contributed by atoms with Crippen LogP contribution in [0.15, 0.2) is 42.5 Å². The number of benzene rings is 1. The Kier molecular flexibility index (Phi) is 4.73. The van der Waals surface area contributed by atoms with Gasteiger partial charge < -0.3 is 10.4 Å². The normalized spacial score (nSPS) is 17.8. The second kappa shape index (κ2) is 6.73. The van der Waals surface area contributed by atoms with Gasteiger partial charge in [-0.1, -0.05) is 49.6 Å². The Hall–Kier alpha value is -1.16. The maximum atomic E-state index is 10.5. The van der Waals surface area contributed by atoms with E-state index in [0.717, 1.165) is 32.2 Å². The van der Waals surface area contributed by atoms with Gasteiger partial charge >= 0.3 is 0 Å². The molecule has 0 bridgehead atoms. The second-order valence-electron chi connectivity index (χ2n) is 6.02. The van der Waals surface area contributed by atoms with Crippen LogP contribution in [0.1, 0.15) is 37.0 Å². The summed E-state index contributed by atoms with van der Waals surface area (Å²) in [6, 6.07) is 14.9. The van der Waals surface area contributed by atoms with Crippen molar-refractivity contribution in [1.29, 1.82) is 0 Å². The molecule has 0 aliphatic heterocycles. The number of nitrogens with one attached hydrogen (secondary N) is 1. The molecule has 1 saturated carbocycles. The van der Waals surface area contributed by atoms with E-state index >= 15 is 0 Å². The summed E-state index contributed by atoms with van der Waals surface area (Å²) in [5.41, 5.74) is 0.803. The monoisotopic (exact) mass is 301 g/mol. The maximum Gasteiger partial charge on any atom is 0.0771 e. The summed E-state index contributed by atoms with van der Waals surface area (Å²) in [6.07, 6.45) is 5.48. The first kappa shape index (κ1) is 14.8. The molecular weight excluding hydrogens is 278 g/mol. The van der Waals surface area contributed by atoms with Gasteiger partial charge in [0.1, 0.15) is 0 Å². The van der Waals surface area contributed by atoms with Gasteiger partial charge in [-0.3, -0.25) is 0 Å². The van der Waals surface area contributed by atoms with E-state index < -0.39 is 5.60 Å². The quantitative estimate of drug-likeness (QED) is 0.867. The van der Waals surface area contributed by atoms with Crippen molar-refractivity contribution in [1.82, 2.24) is 5.32 Å². The van der Waals surface area contributed by atoms with Gasteiger partial charge in [-0.15, -0.1) is 11.3 Å². The van der Waals surface area contributed by atoms with Crippen molar-refractivity contribution in [2.75, 3.05) is 6.54 Å². The summed E-state index contributed by atoms with van der Waals surface area (Å²) in [5, 5.41) is 13.9. The summed E-state index contributed by atoms with van der Waals surface area (Å²) >= 11 is 1.83. The fourth-order valence-electron chi connectivity index (χ4n) is 3.04. The molecule has 1 fully saturated rings. The third-order valence-corrected chi connectivity index (χ3v) is 5.39. The Labute approximate surface area is 130 Å². The predicted molar refractivity (Wildman–Crippen MR) is 89.5 cm³/mol. The molecule has 2 aromatic rings. The number of thiophene rings is 1. The molecule has 0 unspecified atom stereocenters. The standard InChI is InChI=1S/C18H23NOS/c20-18(11-5-2-6-12-18)14-19-13-16-9-10-17(21-16)15-7-3-1-4-8-15/h1,3-4,7-10,19-20H,2,5-6,11-14H2. The lowest BCUT2D eigenvalue weighted by molar-refractivity contribution is 0.00472. The van der Waals surface area contributed by atoms with Gasteiger partial charge in [-0.05, 0) is 30.5 Å². The molecule has 0 spiro atoms. The average Bonchev–Trinajstić information content (AvgIpc) is 2.98. The lowest BCUT2D eigenvalue weighted by Crippen LogP contribution is -2.41. The third-order valence-electron chi connectivity index (χ3n) is 4.26. The third kappa shape index (κ3) is 3.94. The van der Waals surface area contributed by atoms with Crippen molar-refractivity contribution in [2.24, 2.45) is 0 Å². The second-order valence-corrected chi connectivity index (χ2v) is 7.19. The molecule has 0 amide bonds. The fraction of sp³-hybridized carbons (Fsp3) is 0.444. The van der Waals surface area contributed by atoms with Crippen molar-refractivity contribution in [3.63, 3.8) is 0 Å². The highest BCUT2D eigenvalue weighted by molar-refractivity contribution is 7.15. The molecule has 0 saturated heterocycles. The summed E-state index contributed by atoms with van der Waals surface area (Å²) in [5.74, 6) is 0. The summed E-state index contributed by atoms with van der Waals surface area (Å²) in [7, 11) is 0. The lowest BCUT2D eigenvalue weighted by atomic mass is 9.85. The number of hydrogen-bond acceptors (Lipinski definition) is 3. The largest absolute Gasteiger partial charge is 0.389 e. The Morgan fingerprint density at radius 2 is 1.76 bits per heavy atom. The van der Waals surface area contributed by atoms with E-state index in [1.54, 1.807) is 0 Å². The van der Waals surface area contributed by atoms with Crippen molar-refractivity contribution >= 4 is 11.3 Å². The number of hydrogen-bond donors (Lipinski definition) is 2. The molecule has 3 rings (SSSR count). The van der Waals surface area contributed by atoms with Gasteiger partial charge in [-0.2, -0.15) is 0 Å². The molecule has 0 radical (unpaired) electrons. The van der Waals surface area contributed by atoms with Crippen LogP contribution in [-0.2, 0) is 6.54 Å². The lowest BCUT2D eigenvalue weighted by Gasteiger charge is -2.32. The maximum absolute atomic E-state index is 10.5. The number of aliphatic hydroxyl groups is 1. The molecule has 0 atom stereocenters. The zero-order chi connectivity index (χ0) is 14.5. The van der Waals surface area contributed by atoms with Crippen molar-refractivity contribution < 1.29 is 5.11 Å². The summed E-state index contributed by atoms with van der Waals surface area (Å²) in [6.45, 7) is 1.56. The van der Waals surface area contributed by atoms with Crippen LogP contribution in [0.5, 0.6) is 0 Å². The van der Waals surface area contributed by atoms with Gasteiger partial charge in [0.25, 0.3) is 0 Å². The van der Waals surface area contributed by atoms with Crippen LogP contribution in [0.25, 0.3) is 10.4 Å². The molecule has 112 valence electrons. The molecule has 2 nitrogen and oxygen atoms in total. The van der Waals surface area contributed by atoms with Crippen LogP contribution in [0.2, 0.25) is 0 Å². The van der Waals surface area contributed by atoms with E-state index in [-0.39, 0.29) is 0 Å². The highest BCUT2D eigenvalue weighted by Gasteiger charge is 2.28. The van der Waals surface area contributed by atoms with Gasteiger partial charge in [0, 0.05) is 22.8 Å². The van der Waals surface area contributed by atoms with E-state index in [1.165, 1.54) is 21.7 Å². The average molecular weight is 301 g/mol. The van der Waals surface area contributed by atoms with Crippen LogP contribution < -0.4 is 5.32 Å². The van der Waals surface area contributed by atoms with E-state index in [4.69, 9.17) is 0 Å². The predicted octanol–water partition coefficient (Wildman–Crippen LogP) is 4.20. The molecule has 1 aliphatic carbocycles. The summed E-state index contributed by atoms with van der Waals surface area (Å²) in [4.78, 5) is 2.64. The first-order chi connectivity index (χ1) is 10.3. The first-order valence-corrected chi connectivity index (χ1v) is 8.64. The van der Waals surface area contributed by atoms with Gasteiger partial charge in [0.15, 0.2) is 0 Å². The molecule has 1 aromatic carbocycles. The van der Waals surface area contributed by atoms with E-state index in [0.29, 0.717) is 6.54 Å². The minimum Gasteiger partial charge on any atom is -0.389 e. The van der Waals surface area contributed by atoms with Crippen LogP contribution in [-0.4, -0.2) is 17.3 Å². The molecule has 2 N–H and O–H groups in total. The Bertz CT molecular complexity index is 558. The van der Waals surface area contributed by atoms with E-state index in [2.05, 4.69) is 41.7 Å². The highest BCUT2D eigenvalue weighted by atomic mass is 32.1. The minimum absolute atomic E-state index is 0.474. The van der Waals surface area contributed by atoms with Gasteiger partial charge in [0.05, 0.1) is 5.60 Å². The van der Waals surface area contributed by atoms with Crippen LogP contribution in [0.4, 0.5) is 0 Å². The Morgan fingerprint density at radius 3 is 2.52 bits per heavy atom. The van der Waals surface area contributed by atoms with Gasteiger partial charge in [0.2, 0.25) is 0 Å². The van der Waals surface area contributed by atoms with Gasteiger partial charge in [-0.25, -0.2) is 0 Å². The molecule has 1 aliphatic rings.